The second kappa shape index (κ2) is 9.08. The van der Waals surface area contributed by atoms with Crippen molar-refractivity contribution in [3.05, 3.63) is 24.3 Å². The molecule has 142 valence electrons. The minimum atomic E-state index is -4.74. The van der Waals surface area contributed by atoms with Gasteiger partial charge >= 0.3 is 6.36 Å². The molecule has 1 aromatic carbocycles. The second-order valence-corrected chi connectivity index (χ2v) is 7.76. The van der Waals surface area contributed by atoms with Crippen LogP contribution in [0.4, 0.5) is 24.0 Å². The largest absolute Gasteiger partial charge is 0.573 e. The number of amides is 1. The van der Waals surface area contributed by atoms with Gasteiger partial charge in [0.2, 0.25) is 11.0 Å². The van der Waals surface area contributed by atoms with E-state index >= 15 is 0 Å². The van der Waals surface area contributed by atoms with Crippen LogP contribution in [0, 0.1) is 5.92 Å². The summed E-state index contributed by atoms with van der Waals surface area (Å²) < 4.78 is 40.7. The molecular formula is C15H17F3N4O2S2. The lowest BCUT2D eigenvalue weighted by molar-refractivity contribution is -0.274. The van der Waals surface area contributed by atoms with E-state index < -0.39 is 6.36 Å². The molecule has 0 aliphatic heterocycles. The highest BCUT2D eigenvalue weighted by Gasteiger charge is 2.30. The van der Waals surface area contributed by atoms with Crippen molar-refractivity contribution in [1.29, 1.82) is 0 Å². The van der Waals surface area contributed by atoms with Crippen LogP contribution in [0.25, 0.3) is 0 Å². The van der Waals surface area contributed by atoms with Gasteiger partial charge in [-0.2, -0.15) is 0 Å². The predicted octanol–water partition coefficient (Wildman–Crippen LogP) is 4.24. The third kappa shape index (κ3) is 7.48. The number of nitrogens with one attached hydrogen (secondary N) is 2. The standard InChI is InChI=1S/C15H17F3N4O2S2/c1-9(2)7-19-13-21-22-14(26-13)25-8-12(23)20-10-3-5-11(6-4-10)24-15(16,17)18/h3-6,9H,7-8H2,1-2H3,(H,19,21)(H,20,23). The molecule has 0 unspecified atom stereocenters. The van der Waals surface area contributed by atoms with Gasteiger partial charge in [0.1, 0.15) is 5.75 Å². The molecule has 0 radical (unpaired) electrons. The molecule has 0 aliphatic rings. The SMILES string of the molecule is CC(C)CNc1nnc(SCC(=O)Nc2ccc(OC(F)(F)F)cc2)s1. The quantitative estimate of drug-likeness (QED) is 0.639. The molecule has 26 heavy (non-hydrogen) atoms. The lowest BCUT2D eigenvalue weighted by Crippen LogP contribution is -2.17. The van der Waals surface area contributed by atoms with Gasteiger partial charge in [0.25, 0.3) is 0 Å². The van der Waals surface area contributed by atoms with Crippen LogP contribution >= 0.6 is 23.1 Å². The van der Waals surface area contributed by atoms with Crippen LogP contribution in [0.1, 0.15) is 13.8 Å². The summed E-state index contributed by atoms with van der Waals surface area (Å²) in [5, 5.41) is 14.4. The molecule has 2 aromatic rings. The summed E-state index contributed by atoms with van der Waals surface area (Å²) in [7, 11) is 0. The molecule has 0 spiro atoms. The van der Waals surface area contributed by atoms with Crippen LogP contribution in [-0.2, 0) is 4.79 Å². The number of carbonyl (C=O) groups is 1. The van der Waals surface area contributed by atoms with Gasteiger partial charge in [-0.1, -0.05) is 36.9 Å². The second-order valence-electron chi connectivity index (χ2n) is 5.56. The number of hydrogen-bond donors (Lipinski definition) is 2. The van der Waals surface area contributed by atoms with Crippen molar-refractivity contribution in [1.82, 2.24) is 10.2 Å². The lowest BCUT2D eigenvalue weighted by atomic mass is 10.2. The molecule has 1 heterocycles. The third-order valence-electron chi connectivity index (χ3n) is 2.77. The van der Waals surface area contributed by atoms with E-state index in [-0.39, 0.29) is 17.4 Å². The van der Waals surface area contributed by atoms with E-state index in [2.05, 4.69) is 39.4 Å². The molecule has 11 heteroatoms. The third-order valence-corrected chi connectivity index (χ3v) is 4.78. The summed E-state index contributed by atoms with van der Waals surface area (Å²) in [5.74, 6) is -0.0557. The van der Waals surface area contributed by atoms with Gasteiger partial charge in [0.15, 0.2) is 4.34 Å². The minimum Gasteiger partial charge on any atom is -0.406 e. The van der Waals surface area contributed by atoms with Crippen molar-refractivity contribution in [3.63, 3.8) is 0 Å². The molecule has 1 amide bonds. The van der Waals surface area contributed by atoms with E-state index in [0.29, 0.717) is 21.1 Å². The number of anilines is 2. The maximum Gasteiger partial charge on any atom is 0.573 e. The first-order valence-corrected chi connectivity index (χ1v) is 9.37. The molecule has 2 rings (SSSR count). The Hall–Kier alpha value is -2.01. The smallest absolute Gasteiger partial charge is 0.406 e. The van der Waals surface area contributed by atoms with E-state index in [1.165, 1.54) is 35.2 Å². The number of nitrogens with zero attached hydrogens (tertiary/aromatic N) is 2. The van der Waals surface area contributed by atoms with Crippen LogP contribution in [0.2, 0.25) is 0 Å². The molecule has 0 saturated carbocycles. The van der Waals surface area contributed by atoms with Crippen molar-refractivity contribution in [2.75, 3.05) is 22.9 Å². The van der Waals surface area contributed by atoms with Gasteiger partial charge in [-0.3, -0.25) is 4.79 Å². The predicted molar refractivity (Wildman–Crippen MR) is 95.7 cm³/mol. The molecule has 0 atom stereocenters. The summed E-state index contributed by atoms with van der Waals surface area (Å²) in [5.41, 5.74) is 0.377. The number of thioether (sulfide) groups is 1. The Morgan fingerprint density at radius 1 is 1.27 bits per heavy atom. The van der Waals surface area contributed by atoms with E-state index in [1.807, 2.05) is 0 Å². The number of ether oxygens (including phenoxy) is 1. The van der Waals surface area contributed by atoms with Gasteiger partial charge in [-0.15, -0.1) is 23.4 Å². The molecule has 6 nitrogen and oxygen atoms in total. The normalized spacial score (nSPS) is 11.5. The number of alkyl halides is 3. The molecular weight excluding hydrogens is 389 g/mol. The molecule has 0 saturated heterocycles. The van der Waals surface area contributed by atoms with Crippen molar-refractivity contribution >= 4 is 39.8 Å². The van der Waals surface area contributed by atoms with Crippen LogP contribution in [0.5, 0.6) is 5.75 Å². The van der Waals surface area contributed by atoms with Gasteiger partial charge < -0.3 is 15.4 Å². The first-order chi connectivity index (χ1) is 12.2. The fourth-order valence-electron chi connectivity index (χ4n) is 1.70. The first-order valence-electron chi connectivity index (χ1n) is 7.57. The highest BCUT2D eigenvalue weighted by Crippen LogP contribution is 2.26. The Kier molecular flexibility index (Phi) is 7.09. The summed E-state index contributed by atoms with van der Waals surface area (Å²) in [4.78, 5) is 11.9. The van der Waals surface area contributed by atoms with E-state index in [1.54, 1.807) is 0 Å². The molecule has 0 aliphatic carbocycles. The molecule has 0 bridgehead atoms. The lowest BCUT2D eigenvalue weighted by Gasteiger charge is -2.09. The van der Waals surface area contributed by atoms with Crippen LogP contribution in [0.15, 0.2) is 28.6 Å². The van der Waals surface area contributed by atoms with Gasteiger partial charge in [-0.25, -0.2) is 0 Å². The Balaban J connectivity index is 1.78. The van der Waals surface area contributed by atoms with Gasteiger partial charge in [0.05, 0.1) is 5.75 Å². The van der Waals surface area contributed by atoms with E-state index in [0.717, 1.165) is 18.7 Å². The number of rotatable bonds is 8. The number of hydrogen-bond acceptors (Lipinski definition) is 7. The average molecular weight is 406 g/mol. The molecule has 0 fully saturated rings. The fourth-order valence-corrected chi connectivity index (χ4v) is 3.25. The van der Waals surface area contributed by atoms with Gasteiger partial charge in [-0.05, 0) is 30.2 Å². The average Bonchev–Trinajstić information content (AvgIpc) is 2.99. The summed E-state index contributed by atoms with van der Waals surface area (Å²) >= 11 is 2.59. The molecule has 2 N–H and O–H groups in total. The van der Waals surface area contributed by atoms with Gasteiger partial charge in [0, 0.05) is 12.2 Å². The Morgan fingerprint density at radius 3 is 2.58 bits per heavy atom. The van der Waals surface area contributed by atoms with Crippen molar-refractivity contribution in [2.24, 2.45) is 5.92 Å². The Labute approximate surface area is 156 Å². The summed E-state index contributed by atoms with van der Waals surface area (Å²) in [6.45, 7) is 4.94. The van der Waals surface area contributed by atoms with Crippen molar-refractivity contribution < 1.29 is 22.7 Å². The summed E-state index contributed by atoms with van der Waals surface area (Å²) in [6.07, 6.45) is -4.74. The molecule has 1 aromatic heterocycles. The maximum absolute atomic E-state index is 12.1. The minimum absolute atomic E-state index is 0.111. The zero-order chi connectivity index (χ0) is 19.2. The van der Waals surface area contributed by atoms with E-state index in [9.17, 15) is 18.0 Å². The summed E-state index contributed by atoms with van der Waals surface area (Å²) in [6, 6.07) is 4.94. The maximum atomic E-state index is 12.1. The van der Waals surface area contributed by atoms with E-state index in [4.69, 9.17) is 0 Å². The topological polar surface area (TPSA) is 76.1 Å². The zero-order valence-electron chi connectivity index (χ0n) is 14.0. The first kappa shape index (κ1) is 20.3. The number of halogens is 3. The van der Waals surface area contributed by atoms with Crippen LogP contribution < -0.4 is 15.4 Å². The number of benzene rings is 1. The monoisotopic (exact) mass is 406 g/mol. The van der Waals surface area contributed by atoms with Crippen molar-refractivity contribution in [2.45, 2.75) is 24.5 Å². The van der Waals surface area contributed by atoms with Crippen LogP contribution in [-0.4, -0.2) is 34.8 Å². The fraction of sp³-hybridized carbons (Fsp3) is 0.400. The highest BCUT2D eigenvalue weighted by molar-refractivity contribution is 8.01. The van der Waals surface area contributed by atoms with Crippen molar-refractivity contribution in [3.8, 4) is 5.75 Å². The zero-order valence-corrected chi connectivity index (χ0v) is 15.6. The Morgan fingerprint density at radius 2 is 1.96 bits per heavy atom. The number of carbonyl (C=O) groups excluding carboxylic acids is 1. The Bertz CT molecular complexity index is 720. The highest BCUT2D eigenvalue weighted by atomic mass is 32.2. The number of aromatic nitrogens is 2. The van der Waals surface area contributed by atoms with Crippen LogP contribution in [0.3, 0.4) is 0 Å².